The normalized spacial score (nSPS) is 9.73. The van der Waals surface area contributed by atoms with Gasteiger partial charge in [0.2, 0.25) is 5.75 Å². The lowest BCUT2D eigenvalue weighted by molar-refractivity contribution is 0.0470. The number of rotatable bonds is 5. The minimum absolute atomic E-state index is 0.0355. The molecule has 0 saturated heterocycles. The third-order valence-electron chi connectivity index (χ3n) is 1.79. The Labute approximate surface area is 87.2 Å². The van der Waals surface area contributed by atoms with Crippen molar-refractivity contribution in [3.8, 4) is 17.2 Å². The zero-order valence-corrected chi connectivity index (χ0v) is 8.52. The second kappa shape index (κ2) is 5.21. The van der Waals surface area contributed by atoms with Crippen LogP contribution in [0.15, 0.2) is 12.1 Å². The zero-order valence-electron chi connectivity index (χ0n) is 8.52. The molecule has 0 unspecified atom stereocenters. The Kier molecular flexibility index (Phi) is 3.93. The minimum atomic E-state index is -0.249. The molecule has 0 spiro atoms. The Morgan fingerprint density at radius 2 is 2.13 bits per heavy atom. The van der Waals surface area contributed by atoms with E-state index < -0.39 is 0 Å². The molecule has 0 fully saturated rings. The molecule has 0 aliphatic carbocycles. The summed E-state index contributed by atoms with van der Waals surface area (Å²) in [6, 6.07) is 2.98. The van der Waals surface area contributed by atoms with Gasteiger partial charge in [-0.2, -0.15) is 0 Å². The fourth-order valence-electron chi connectivity index (χ4n) is 1.08. The van der Waals surface area contributed by atoms with Crippen molar-refractivity contribution >= 4 is 6.29 Å². The quantitative estimate of drug-likeness (QED) is 0.586. The van der Waals surface area contributed by atoms with E-state index >= 15 is 0 Å². The number of carbonyl (C=O) groups is 1. The molecule has 1 aromatic carbocycles. The van der Waals surface area contributed by atoms with Crippen LogP contribution in [0.25, 0.3) is 0 Å². The molecule has 0 heterocycles. The molecule has 5 nitrogen and oxygen atoms in total. The average molecular weight is 212 g/mol. The molecule has 1 N–H and O–H groups in total. The molecular formula is C10H12O5. The van der Waals surface area contributed by atoms with Crippen LogP contribution in [0.2, 0.25) is 0 Å². The number of carbonyl (C=O) groups excluding carboxylic acids is 1. The standard InChI is InChI=1S/C10H12O5/c1-13-6-15-10-8(14-2)4-3-7(5-11)9(10)12/h3-5,12H,6H2,1-2H3. The maximum atomic E-state index is 10.6. The van der Waals surface area contributed by atoms with Gasteiger partial charge in [0.25, 0.3) is 0 Å². The first kappa shape index (κ1) is 11.3. The molecule has 0 radical (unpaired) electrons. The number of methoxy groups -OCH3 is 2. The monoisotopic (exact) mass is 212 g/mol. The van der Waals surface area contributed by atoms with Crippen LogP contribution in [0.5, 0.6) is 17.2 Å². The van der Waals surface area contributed by atoms with Crippen LogP contribution >= 0.6 is 0 Å². The zero-order chi connectivity index (χ0) is 11.3. The summed E-state index contributed by atoms with van der Waals surface area (Å²) in [5, 5.41) is 9.64. The van der Waals surface area contributed by atoms with Crippen LogP contribution in [0.3, 0.4) is 0 Å². The van der Waals surface area contributed by atoms with Gasteiger partial charge in [-0.05, 0) is 12.1 Å². The summed E-state index contributed by atoms with van der Waals surface area (Å²) in [5.41, 5.74) is 0.141. The van der Waals surface area contributed by atoms with E-state index in [9.17, 15) is 9.90 Å². The van der Waals surface area contributed by atoms with Crippen LogP contribution in [0, 0.1) is 0 Å². The molecule has 15 heavy (non-hydrogen) atoms. The number of hydrogen-bond donors (Lipinski definition) is 1. The van der Waals surface area contributed by atoms with Gasteiger partial charge >= 0.3 is 0 Å². The summed E-state index contributed by atoms with van der Waals surface area (Å²) >= 11 is 0. The number of benzene rings is 1. The molecule has 0 amide bonds. The number of aromatic hydroxyl groups is 1. The Balaban J connectivity index is 3.10. The van der Waals surface area contributed by atoms with Crippen molar-refractivity contribution in [3.63, 3.8) is 0 Å². The molecule has 82 valence electrons. The van der Waals surface area contributed by atoms with E-state index in [1.54, 1.807) is 0 Å². The van der Waals surface area contributed by atoms with E-state index in [4.69, 9.17) is 14.2 Å². The van der Waals surface area contributed by atoms with Crippen LogP contribution < -0.4 is 9.47 Å². The van der Waals surface area contributed by atoms with Gasteiger partial charge < -0.3 is 19.3 Å². The molecule has 1 rings (SSSR count). The summed E-state index contributed by atoms with van der Waals surface area (Å²) in [6.07, 6.45) is 0.536. The van der Waals surface area contributed by atoms with Gasteiger partial charge in [-0.15, -0.1) is 0 Å². The van der Waals surface area contributed by atoms with E-state index in [1.165, 1.54) is 26.4 Å². The summed E-state index contributed by atoms with van der Waals surface area (Å²) in [4.78, 5) is 10.6. The van der Waals surface area contributed by atoms with Gasteiger partial charge in [-0.1, -0.05) is 0 Å². The molecule has 0 aliphatic rings. The molecule has 0 saturated carbocycles. The minimum Gasteiger partial charge on any atom is -0.504 e. The van der Waals surface area contributed by atoms with Gasteiger partial charge in [0, 0.05) is 7.11 Å². The molecule has 0 aromatic heterocycles. The molecule has 1 aromatic rings. The third-order valence-corrected chi connectivity index (χ3v) is 1.79. The highest BCUT2D eigenvalue weighted by atomic mass is 16.7. The van der Waals surface area contributed by atoms with Crippen LogP contribution in [-0.4, -0.2) is 32.4 Å². The van der Waals surface area contributed by atoms with Gasteiger partial charge in [0.05, 0.1) is 12.7 Å². The highest BCUT2D eigenvalue weighted by Crippen LogP contribution is 2.38. The van der Waals surface area contributed by atoms with Crippen molar-refractivity contribution in [1.29, 1.82) is 0 Å². The first-order valence-corrected chi connectivity index (χ1v) is 4.21. The maximum absolute atomic E-state index is 10.6. The van der Waals surface area contributed by atoms with Gasteiger partial charge in [-0.25, -0.2) is 0 Å². The first-order chi connectivity index (χ1) is 7.24. The van der Waals surface area contributed by atoms with Gasteiger partial charge in [0.15, 0.2) is 24.6 Å². The number of aldehydes is 1. The Bertz CT molecular complexity index is 348. The SMILES string of the molecule is COCOc1c(OC)ccc(C=O)c1O. The number of phenols is 1. The number of phenolic OH excluding ortho intramolecular Hbond substituents is 1. The van der Waals surface area contributed by atoms with E-state index in [2.05, 4.69) is 0 Å². The average Bonchev–Trinajstić information content (AvgIpc) is 2.27. The largest absolute Gasteiger partial charge is 0.504 e. The Morgan fingerprint density at radius 1 is 1.40 bits per heavy atom. The molecule has 0 atom stereocenters. The lowest BCUT2D eigenvalue weighted by Crippen LogP contribution is -2.02. The second-order valence-electron chi connectivity index (χ2n) is 2.70. The summed E-state index contributed by atoms with van der Waals surface area (Å²) in [7, 11) is 2.89. The molecular weight excluding hydrogens is 200 g/mol. The van der Waals surface area contributed by atoms with Crippen molar-refractivity contribution < 1.29 is 24.1 Å². The van der Waals surface area contributed by atoms with E-state index in [0.29, 0.717) is 12.0 Å². The lowest BCUT2D eigenvalue weighted by atomic mass is 10.2. The molecule has 0 aliphatic heterocycles. The highest BCUT2D eigenvalue weighted by molar-refractivity contribution is 5.82. The fraction of sp³-hybridized carbons (Fsp3) is 0.300. The summed E-state index contributed by atoms with van der Waals surface area (Å²) in [5.74, 6) is 0.195. The smallest absolute Gasteiger partial charge is 0.206 e. The number of ether oxygens (including phenoxy) is 3. The Hall–Kier alpha value is -1.75. The van der Waals surface area contributed by atoms with E-state index in [-0.39, 0.29) is 23.9 Å². The maximum Gasteiger partial charge on any atom is 0.206 e. The highest BCUT2D eigenvalue weighted by Gasteiger charge is 2.14. The van der Waals surface area contributed by atoms with Crippen molar-refractivity contribution in [3.05, 3.63) is 17.7 Å². The third kappa shape index (κ3) is 2.38. The van der Waals surface area contributed by atoms with Gasteiger partial charge in [-0.3, -0.25) is 4.79 Å². The van der Waals surface area contributed by atoms with Crippen LogP contribution in [0.4, 0.5) is 0 Å². The van der Waals surface area contributed by atoms with Crippen LogP contribution in [-0.2, 0) is 4.74 Å². The molecule has 5 heteroatoms. The van der Waals surface area contributed by atoms with Gasteiger partial charge in [0.1, 0.15) is 0 Å². The lowest BCUT2D eigenvalue weighted by Gasteiger charge is -2.12. The summed E-state index contributed by atoms with van der Waals surface area (Å²) < 4.78 is 14.8. The topological polar surface area (TPSA) is 65.0 Å². The predicted molar refractivity (Wildman–Crippen MR) is 52.6 cm³/mol. The van der Waals surface area contributed by atoms with Crippen molar-refractivity contribution in [2.45, 2.75) is 0 Å². The van der Waals surface area contributed by atoms with Crippen molar-refractivity contribution in [2.75, 3.05) is 21.0 Å². The van der Waals surface area contributed by atoms with Crippen molar-refractivity contribution in [1.82, 2.24) is 0 Å². The van der Waals surface area contributed by atoms with E-state index in [0.717, 1.165) is 0 Å². The van der Waals surface area contributed by atoms with Crippen LogP contribution in [0.1, 0.15) is 10.4 Å². The van der Waals surface area contributed by atoms with Crippen molar-refractivity contribution in [2.24, 2.45) is 0 Å². The Morgan fingerprint density at radius 3 is 2.67 bits per heavy atom. The second-order valence-corrected chi connectivity index (χ2v) is 2.70. The molecule has 0 bridgehead atoms. The van der Waals surface area contributed by atoms with E-state index in [1.807, 2.05) is 0 Å². The fourth-order valence-corrected chi connectivity index (χ4v) is 1.08. The number of hydrogen-bond acceptors (Lipinski definition) is 5. The summed E-state index contributed by atoms with van der Waals surface area (Å²) in [6.45, 7) is -0.0355. The predicted octanol–water partition coefficient (Wildman–Crippen LogP) is 1.20. The first-order valence-electron chi connectivity index (χ1n) is 4.21.